The third kappa shape index (κ3) is 4.99. The fourth-order valence-corrected chi connectivity index (χ4v) is 4.10. The summed E-state index contributed by atoms with van der Waals surface area (Å²) in [7, 11) is 0. The first-order valence-corrected chi connectivity index (χ1v) is 11.4. The van der Waals surface area contributed by atoms with Gasteiger partial charge < -0.3 is 10.6 Å². The summed E-state index contributed by atoms with van der Waals surface area (Å²) < 4.78 is 1.64. The number of likely N-dealkylation sites (tertiary alicyclic amines) is 1. The van der Waals surface area contributed by atoms with Gasteiger partial charge in [-0.25, -0.2) is 19.6 Å². The highest BCUT2D eigenvalue weighted by atomic mass is 16.2. The molecule has 1 aliphatic heterocycles. The quantitative estimate of drug-likeness (QED) is 0.474. The number of carbonyl (C=O) groups excluding carboxylic acids is 1. The summed E-state index contributed by atoms with van der Waals surface area (Å²) in [5.74, 6) is 0.0651. The maximum absolute atomic E-state index is 12.8. The second-order valence-electron chi connectivity index (χ2n) is 8.36. The molecule has 1 aliphatic rings. The van der Waals surface area contributed by atoms with Gasteiger partial charge in [-0.05, 0) is 49.6 Å². The number of nitrogens with zero attached hydrogens (tertiary/aromatic N) is 8. The average molecular weight is 466 g/mol. The SMILES string of the molecule is N#Cc1cccc(-c2cc(-c3cn(Cc4cccc(C(=O)N5CCCCC5)n4)nn3)nc(N)n2)c1. The van der Waals surface area contributed by atoms with Crippen molar-refractivity contribution in [3.63, 3.8) is 0 Å². The van der Waals surface area contributed by atoms with E-state index in [1.54, 1.807) is 41.2 Å². The molecule has 5 rings (SSSR count). The van der Waals surface area contributed by atoms with Gasteiger partial charge in [-0.2, -0.15) is 5.26 Å². The van der Waals surface area contributed by atoms with Crippen molar-refractivity contribution >= 4 is 11.9 Å². The number of benzene rings is 1. The summed E-state index contributed by atoms with van der Waals surface area (Å²) >= 11 is 0. The van der Waals surface area contributed by atoms with Crippen molar-refractivity contribution in [2.24, 2.45) is 0 Å². The van der Waals surface area contributed by atoms with Crippen LogP contribution in [0, 0.1) is 11.3 Å². The molecule has 10 nitrogen and oxygen atoms in total. The molecule has 174 valence electrons. The lowest BCUT2D eigenvalue weighted by atomic mass is 10.1. The van der Waals surface area contributed by atoms with Crippen molar-refractivity contribution in [3.05, 3.63) is 71.7 Å². The molecule has 0 aliphatic carbocycles. The Morgan fingerprint density at radius 1 is 0.971 bits per heavy atom. The maximum atomic E-state index is 12.8. The fourth-order valence-electron chi connectivity index (χ4n) is 4.10. The Kier molecular flexibility index (Phi) is 6.13. The number of nitriles is 1. The molecule has 0 saturated carbocycles. The highest BCUT2D eigenvalue weighted by Gasteiger charge is 2.19. The van der Waals surface area contributed by atoms with Gasteiger partial charge in [0.1, 0.15) is 11.4 Å². The van der Waals surface area contributed by atoms with Gasteiger partial charge in [0.2, 0.25) is 5.95 Å². The number of rotatable bonds is 5. The van der Waals surface area contributed by atoms with Crippen LogP contribution in [0.3, 0.4) is 0 Å². The number of carbonyl (C=O) groups is 1. The van der Waals surface area contributed by atoms with Crippen LogP contribution >= 0.6 is 0 Å². The van der Waals surface area contributed by atoms with E-state index >= 15 is 0 Å². The van der Waals surface area contributed by atoms with Crippen LogP contribution in [-0.4, -0.2) is 53.8 Å². The molecule has 4 heterocycles. The van der Waals surface area contributed by atoms with E-state index in [-0.39, 0.29) is 11.9 Å². The van der Waals surface area contributed by atoms with E-state index in [2.05, 4.69) is 31.3 Å². The van der Waals surface area contributed by atoms with Crippen molar-refractivity contribution in [1.29, 1.82) is 5.26 Å². The zero-order valence-electron chi connectivity index (χ0n) is 19.0. The first-order valence-electron chi connectivity index (χ1n) is 11.4. The molecule has 3 aromatic heterocycles. The minimum Gasteiger partial charge on any atom is -0.368 e. The minimum atomic E-state index is -0.0321. The van der Waals surface area contributed by atoms with Crippen LogP contribution in [0.15, 0.2) is 54.7 Å². The molecule has 1 fully saturated rings. The van der Waals surface area contributed by atoms with E-state index < -0.39 is 0 Å². The largest absolute Gasteiger partial charge is 0.368 e. The zero-order valence-corrected chi connectivity index (χ0v) is 19.0. The molecule has 2 N–H and O–H groups in total. The van der Waals surface area contributed by atoms with Gasteiger partial charge in [0.25, 0.3) is 5.91 Å². The molecule has 0 atom stereocenters. The summed E-state index contributed by atoms with van der Waals surface area (Å²) in [6, 6.07) is 16.4. The molecule has 1 aromatic carbocycles. The van der Waals surface area contributed by atoms with Crippen LogP contribution in [0.4, 0.5) is 5.95 Å². The van der Waals surface area contributed by atoms with Gasteiger partial charge in [0.05, 0.1) is 41.5 Å². The first-order chi connectivity index (χ1) is 17.1. The highest BCUT2D eigenvalue weighted by molar-refractivity contribution is 5.92. The lowest BCUT2D eigenvalue weighted by molar-refractivity contribution is 0.0718. The van der Waals surface area contributed by atoms with Crippen molar-refractivity contribution in [1.82, 2.24) is 34.8 Å². The third-order valence-corrected chi connectivity index (χ3v) is 5.83. The molecule has 0 bridgehead atoms. The summed E-state index contributed by atoms with van der Waals surface area (Å²) in [4.78, 5) is 27.8. The average Bonchev–Trinajstić information content (AvgIpc) is 3.37. The number of hydrogen-bond acceptors (Lipinski definition) is 8. The highest BCUT2D eigenvalue weighted by Crippen LogP contribution is 2.24. The number of nitrogens with two attached hydrogens (primary N) is 1. The van der Waals surface area contributed by atoms with Crippen molar-refractivity contribution in [2.75, 3.05) is 18.8 Å². The van der Waals surface area contributed by atoms with Crippen LogP contribution in [0.1, 0.15) is 41.0 Å². The van der Waals surface area contributed by atoms with Crippen LogP contribution < -0.4 is 5.73 Å². The van der Waals surface area contributed by atoms with Crippen LogP contribution in [-0.2, 0) is 6.54 Å². The monoisotopic (exact) mass is 465 g/mol. The molecule has 1 amide bonds. The fraction of sp³-hybridized carbons (Fsp3) is 0.240. The second kappa shape index (κ2) is 9.69. The van der Waals surface area contributed by atoms with Gasteiger partial charge in [0, 0.05) is 18.7 Å². The standard InChI is InChI=1S/C25H23N9O/c26-14-17-6-4-7-18(12-17)21-13-22(30-25(27)29-21)23-16-34(32-31-23)15-19-8-5-9-20(28-19)24(35)33-10-2-1-3-11-33/h4-9,12-13,16H,1-3,10-11,15H2,(H2,27,29,30). The number of amides is 1. The smallest absolute Gasteiger partial charge is 0.272 e. The number of anilines is 1. The van der Waals surface area contributed by atoms with E-state index in [4.69, 9.17) is 5.73 Å². The topological polar surface area (TPSA) is 140 Å². The molecule has 1 saturated heterocycles. The van der Waals surface area contributed by atoms with E-state index in [1.807, 2.05) is 23.1 Å². The number of nitrogen functional groups attached to an aromatic ring is 1. The van der Waals surface area contributed by atoms with Crippen molar-refractivity contribution in [3.8, 4) is 28.7 Å². The Hall–Kier alpha value is -4.65. The number of aromatic nitrogens is 6. The minimum absolute atomic E-state index is 0.0321. The van der Waals surface area contributed by atoms with Gasteiger partial charge in [-0.3, -0.25) is 4.79 Å². The van der Waals surface area contributed by atoms with E-state index in [0.717, 1.165) is 37.9 Å². The molecule has 0 unspecified atom stereocenters. The molecule has 35 heavy (non-hydrogen) atoms. The number of hydrogen-bond donors (Lipinski definition) is 1. The van der Waals surface area contributed by atoms with Crippen LogP contribution in [0.5, 0.6) is 0 Å². The van der Waals surface area contributed by atoms with Crippen LogP contribution in [0.25, 0.3) is 22.6 Å². The summed E-state index contributed by atoms with van der Waals surface area (Å²) in [5, 5.41) is 17.6. The molecule has 4 aromatic rings. The van der Waals surface area contributed by atoms with Gasteiger partial charge in [0.15, 0.2) is 0 Å². The summed E-state index contributed by atoms with van der Waals surface area (Å²) in [6.45, 7) is 1.91. The lowest BCUT2D eigenvalue weighted by Crippen LogP contribution is -2.36. The Morgan fingerprint density at radius 2 is 1.77 bits per heavy atom. The molecule has 10 heteroatoms. The van der Waals surface area contributed by atoms with E-state index in [9.17, 15) is 10.1 Å². The Labute approximate surface area is 202 Å². The second-order valence-corrected chi connectivity index (χ2v) is 8.36. The van der Waals surface area contributed by atoms with Crippen molar-refractivity contribution in [2.45, 2.75) is 25.8 Å². The molecule has 0 spiro atoms. The summed E-state index contributed by atoms with van der Waals surface area (Å²) in [6.07, 6.45) is 4.98. The Bertz CT molecular complexity index is 1420. The lowest BCUT2D eigenvalue weighted by Gasteiger charge is -2.26. The summed E-state index contributed by atoms with van der Waals surface area (Å²) in [5.41, 5.74) is 10.0. The predicted molar refractivity (Wildman–Crippen MR) is 129 cm³/mol. The maximum Gasteiger partial charge on any atom is 0.272 e. The normalized spacial score (nSPS) is 13.4. The van der Waals surface area contributed by atoms with Gasteiger partial charge in [-0.15, -0.1) is 5.10 Å². The number of piperidine rings is 1. The van der Waals surface area contributed by atoms with Crippen LogP contribution in [0.2, 0.25) is 0 Å². The molecular weight excluding hydrogens is 442 g/mol. The first kappa shape index (κ1) is 22.2. The third-order valence-electron chi connectivity index (χ3n) is 5.83. The van der Waals surface area contributed by atoms with E-state index in [1.165, 1.54) is 0 Å². The zero-order chi connectivity index (χ0) is 24.2. The Balaban J connectivity index is 1.36. The van der Waals surface area contributed by atoms with Crippen molar-refractivity contribution < 1.29 is 4.79 Å². The molecular formula is C25H23N9O. The van der Waals surface area contributed by atoms with E-state index in [0.29, 0.717) is 40.6 Å². The number of pyridine rings is 1. The van der Waals surface area contributed by atoms with Gasteiger partial charge >= 0.3 is 0 Å². The van der Waals surface area contributed by atoms with Gasteiger partial charge in [-0.1, -0.05) is 23.4 Å². The predicted octanol–water partition coefficient (Wildman–Crippen LogP) is 2.93. The molecule has 0 radical (unpaired) electrons. The Morgan fingerprint density at radius 3 is 2.60 bits per heavy atom.